The summed E-state index contributed by atoms with van der Waals surface area (Å²) in [5, 5.41) is 0. The molecule has 0 fully saturated rings. The summed E-state index contributed by atoms with van der Waals surface area (Å²) < 4.78 is 5.34. The van der Waals surface area contributed by atoms with Crippen LogP contribution in [0.5, 0.6) is 0 Å². The van der Waals surface area contributed by atoms with Crippen molar-refractivity contribution >= 4 is 23.6 Å². The summed E-state index contributed by atoms with van der Waals surface area (Å²) in [7, 11) is 0. The van der Waals surface area contributed by atoms with Gasteiger partial charge in [-0.3, -0.25) is 4.29 Å². The Kier molecular flexibility index (Phi) is 7.67. The van der Waals surface area contributed by atoms with Gasteiger partial charge in [-0.2, -0.15) is 0 Å². The number of allylic oxidation sites excluding steroid dienone is 5. The van der Waals surface area contributed by atoms with E-state index < -0.39 is 0 Å². The Bertz CT molecular complexity index is 628. The van der Waals surface area contributed by atoms with E-state index in [2.05, 4.69) is 50.1 Å². The molecule has 1 aliphatic rings. The van der Waals surface area contributed by atoms with Gasteiger partial charge in [-0.1, -0.05) is 62.1 Å². The molecule has 3 atom stereocenters. The summed E-state index contributed by atoms with van der Waals surface area (Å²) in [5.41, 5.74) is 8.09. The number of halogens is 1. The number of rotatable bonds is 9. The number of benzene rings is 1. The van der Waals surface area contributed by atoms with E-state index in [1.807, 2.05) is 18.2 Å². The van der Waals surface area contributed by atoms with Crippen LogP contribution in [-0.2, 0) is 10.7 Å². The second-order valence-electron chi connectivity index (χ2n) is 7.04. The average molecular weight is 378 g/mol. The first-order valence-corrected chi connectivity index (χ1v) is 10.2. The normalized spacial score (nSPS) is 22.3. The maximum absolute atomic E-state index is 6.09. The first-order chi connectivity index (χ1) is 12.0. The Balaban J connectivity index is 2.07. The molecular formula is C21H28ClNOS. The third kappa shape index (κ3) is 5.67. The van der Waals surface area contributed by atoms with Gasteiger partial charge in [0.2, 0.25) is 0 Å². The van der Waals surface area contributed by atoms with Crippen molar-refractivity contribution in [1.82, 2.24) is 0 Å². The summed E-state index contributed by atoms with van der Waals surface area (Å²) in [6.07, 6.45) is 12.1. The lowest BCUT2D eigenvalue weighted by Crippen LogP contribution is -2.29. The van der Waals surface area contributed by atoms with E-state index in [1.165, 1.54) is 10.5 Å². The van der Waals surface area contributed by atoms with Crippen LogP contribution in [0.1, 0.15) is 31.7 Å². The lowest BCUT2D eigenvalue weighted by Gasteiger charge is -2.35. The molecule has 0 bridgehead atoms. The summed E-state index contributed by atoms with van der Waals surface area (Å²) in [5.74, 6) is 0.149. The SMILES string of the molecule is C=C(N)C(Cc1ccccc1)CC(CC1(C)CC=CC=C1SC)OCl. The number of thioether (sulfide) groups is 1. The Hall–Kier alpha value is -1.16. The number of hydrogen-bond donors (Lipinski definition) is 1. The molecular weight excluding hydrogens is 350 g/mol. The molecule has 0 aliphatic heterocycles. The quantitative estimate of drug-likeness (QED) is 0.586. The van der Waals surface area contributed by atoms with Gasteiger partial charge in [-0.05, 0) is 42.4 Å². The molecule has 0 saturated heterocycles. The van der Waals surface area contributed by atoms with Crippen LogP contribution in [0.2, 0.25) is 0 Å². The smallest absolute Gasteiger partial charge is 0.0806 e. The van der Waals surface area contributed by atoms with Crippen molar-refractivity contribution in [3.05, 3.63) is 71.3 Å². The molecule has 0 spiro atoms. The molecule has 1 aromatic rings. The van der Waals surface area contributed by atoms with E-state index in [-0.39, 0.29) is 17.4 Å². The molecule has 0 heterocycles. The summed E-state index contributed by atoms with van der Waals surface area (Å²) in [4.78, 5) is 1.37. The van der Waals surface area contributed by atoms with E-state index in [1.54, 1.807) is 11.8 Å². The second-order valence-corrected chi connectivity index (χ2v) is 8.07. The number of nitrogens with two attached hydrogens (primary N) is 1. The summed E-state index contributed by atoms with van der Waals surface area (Å²) >= 11 is 7.68. The summed E-state index contributed by atoms with van der Waals surface area (Å²) in [6, 6.07) is 10.4. The van der Waals surface area contributed by atoms with Crippen LogP contribution in [0.15, 0.2) is 65.7 Å². The molecule has 4 heteroatoms. The van der Waals surface area contributed by atoms with E-state index in [9.17, 15) is 0 Å². The molecule has 3 unspecified atom stereocenters. The fourth-order valence-corrected chi connectivity index (χ4v) is 4.53. The van der Waals surface area contributed by atoms with Crippen molar-refractivity contribution in [3.63, 3.8) is 0 Å². The topological polar surface area (TPSA) is 35.2 Å². The zero-order valence-electron chi connectivity index (χ0n) is 15.1. The highest BCUT2D eigenvalue weighted by molar-refractivity contribution is 8.02. The Morgan fingerprint density at radius 1 is 1.40 bits per heavy atom. The van der Waals surface area contributed by atoms with Crippen LogP contribution in [0.25, 0.3) is 0 Å². The maximum atomic E-state index is 6.09. The van der Waals surface area contributed by atoms with Crippen LogP contribution >= 0.6 is 23.6 Å². The first-order valence-electron chi connectivity index (χ1n) is 8.65. The molecule has 136 valence electrons. The third-order valence-corrected chi connectivity index (χ3v) is 6.29. The molecule has 2 N–H and O–H groups in total. The average Bonchev–Trinajstić information content (AvgIpc) is 2.61. The van der Waals surface area contributed by atoms with E-state index >= 15 is 0 Å². The minimum atomic E-state index is -0.0669. The van der Waals surface area contributed by atoms with Gasteiger partial charge in [0.25, 0.3) is 0 Å². The monoisotopic (exact) mass is 377 g/mol. The van der Waals surface area contributed by atoms with Crippen LogP contribution < -0.4 is 5.73 Å². The molecule has 2 nitrogen and oxygen atoms in total. The highest BCUT2D eigenvalue weighted by Gasteiger charge is 2.33. The van der Waals surface area contributed by atoms with Crippen LogP contribution in [0, 0.1) is 11.3 Å². The predicted octanol–water partition coefficient (Wildman–Crippen LogP) is 5.85. The van der Waals surface area contributed by atoms with Gasteiger partial charge in [-0.15, -0.1) is 11.8 Å². The van der Waals surface area contributed by atoms with Gasteiger partial charge in [0.05, 0.1) is 18.0 Å². The first kappa shape index (κ1) is 20.2. The van der Waals surface area contributed by atoms with E-state index in [0.717, 1.165) is 25.7 Å². The highest BCUT2D eigenvalue weighted by atomic mass is 35.5. The zero-order valence-corrected chi connectivity index (χ0v) is 16.7. The molecule has 2 rings (SSSR count). The highest BCUT2D eigenvalue weighted by Crippen LogP contribution is 2.45. The molecule has 0 aromatic heterocycles. The molecule has 0 amide bonds. The lowest BCUT2D eigenvalue weighted by atomic mass is 9.76. The van der Waals surface area contributed by atoms with Gasteiger partial charge in [0, 0.05) is 17.0 Å². The molecule has 25 heavy (non-hydrogen) atoms. The van der Waals surface area contributed by atoms with Crippen molar-refractivity contribution in [2.45, 2.75) is 38.7 Å². The maximum Gasteiger partial charge on any atom is 0.0806 e. The van der Waals surface area contributed by atoms with E-state index in [0.29, 0.717) is 5.70 Å². The van der Waals surface area contributed by atoms with Gasteiger partial charge in [-0.25, -0.2) is 0 Å². The standard InChI is InChI=1S/C21H28ClNOS/c1-16(23)18(13-17-9-5-4-6-10-17)14-19(24-22)15-21(2)12-8-7-11-20(21)25-3/h4-11,18-19H,1,12-15,23H2,2-3H3. The molecule has 0 saturated carbocycles. The minimum Gasteiger partial charge on any atom is -0.402 e. The largest absolute Gasteiger partial charge is 0.402 e. The lowest BCUT2D eigenvalue weighted by molar-refractivity contribution is 0.138. The van der Waals surface area contributed by atoms with Crippen molar-refractivity contribution < 1.29 is 4.29 Å². The Labute approximate surface area is 161 Å². The Morgan fingerprint density at radius 2 is 2.12 bits per heavy atom. The fraction of sp³-hybridized carbons (Fsp3) is 0.429. The second kappa shape index (κ2) is 9.51. The number of hydrogen-bond acceptors (Lipinski definition) is 3. The fourth-order valence-electron chi connectivity index (χ4n) is 3.52. The Morgan fingerprint density at radius 3 is 2.72 bits per heavy atom. The van der Waals surface area contributed by atoms with Crippen LogP contribution in [0.4, 0.5) is 0 Å². The van der Waals surface area contributed by atoms with Gasteiger partial charge in [0.1, 0.15) is 0 Å². The van der Waals surface area contributed by atoms with Gasteiger partial charge >= 0.3 is 0 Å². The van der Waals surface area contributed by atoms with Crippen molar-refractivity contribution in [3.8, 4) is 0 Å². The third-order valence-electron chi connectivity index (χ3n) is 4.97. The minimum absolute atomic E-state index is 0.0565. The van der Waals surface area contributed by atoms with Crippen molar-refractivity contribution in [2.24, 2.45) is 17.1 Å². The predicted molar refractivity (Wildman–Crippen MR) is 110 cm³/mol. The van der Waals surface area contributed by atoms with E-state index in [4.69, 9.17) is 21.9 Å². The van der Waals surface area contributed by atoms with Crippen LogP contribution in [-0.4, -0.2) is 12.4 Å². The molecule has 1 aliphatic carbocycles. The zero-order chi connectivity index (χ0) is 18.3. The molecule has 0 radical (unpaired) electrons. The molecule has 1 aromatic carbocycles. The van der Waals surface area contributed by atoms with Crippen molar-refractivity contribution in [1.29, 1.82) is 0 Å². The summed E-state index contributed by atoms with van der Waals surface area (Å²) in [6.45, 7) is 6.27. The van der Waals surface area contributed by atoms with Gasteiger partial charge < -0.3 is 5.73 Å². The van der Waals surface area contributed by atoms with Crippen molar-refractivity contribution in [2.75, 3.05) is 6.26 Å². The van der Waals surface area contributed by atoms with Gasteiger partial charge in [0.15, 0.2) is 0 Å². The van der Waals surface area contributed by atoms with Crippen LogP contribution in [0.3, 0.4) is 0 Å².